The van der Waals surface area contributed by atoms with Gasteiger partial charge in [0.15, 0.2) is 0 Å². The first-order chi connectivity index (χ1) is 8.70. The quantitative estimate of drug-likeness (QED) is 0.454. The fraction of sp³-hybridized carbons (Fsp3) is 0.357. The highest BCUT2D eigenvalue weighted by Crippen LogP contribution is 2.14. The van der Waals surface area contributed by atoms with Gasteiger partial charge in [0.25, 0.3) is 0 Å². The predicted molar refractivity (Wildman–Crippen MR) is 78.1 cm³/mol. The van der Waals surface area contributed by atoms with Crippen LogP contribution in [-0.2, 0) is 0 Å². The summed E-state index contributed by atoms with van der Waals surface area (Å²) in [5, 5.41) is 6.30. The maximum absolute atomic E-state index is 4.31. The largest absolute Gasteiger partial charge is 0.374 e. The smallest absolute Gasteiger partial charge is 0.106 e. The van der Waals surface area contributed by atoms with E-state index >= 15 is 0 Å². The minimum Gasteiger partial charge on any atom is -0.374 e. The molecule has 0 bridgehead atoms. The molecule has 98 valence electrons. The summed E-state index contributed by atoms with van der Waals surface area (Å²) in [6, 6.07) is 0. The van der Waals surface area contributed by atoms with Crippen LogP contribution in [0.15, 0.2) is 53.5 Å². The Morgan fingerprint density at radius 3 is 2.72 bits per heavy atom. The van der Waals surface area contributed by atoms with Gasteiger partial charge in [-0.05, 0) is 37.0 Å². The van der Waals surface area contributed by atoms with Gasteiger partial charge in [0.1, 0.15) is 5.84 Å². The molecule has 1 aliphatic heterocycles. The molecule has 0 saturated heterocycles. The fourth-order valence-corrected chi connectivity index (χ4v) is 1.74. The van der Waals surface area contributed by atoms with E-state index in [9.17, 15) is 0 Å². The molecule has 1 rings (SSSR count). The van der Waals surface area contributed by atoms with E-state index < -0.39 is 0 Å². The molecule has 2 N–H and O–H groups in total. The Kier molecular flexibility index (Phi) is 5.77. The second-order valence-electron chi connectivity index (χ2n) is 4.01. The van der Waals surface area contributed by atoms with E-state index in [-0.39, 0.29) is 0 Å². The maximum Gasteiger partial charge on any atom is 0.106 e. The number of hydrogen-bond donors (Lipinski definition) is 2. The zero-order valence-electron chi connectivity index (χ0n) is 11.4. The molecule has 0 aromatic rings. The molecule has 4 nitrogen and oxygen atoms in total. The van der Waals surface area contributed by atoms with Crippen molar-refractivity contribution in [1.82, 2.24) is 15.5 Å². The third kappa shape index (κ3) is 3.80. The van der Waals surface area contributed by atoms with Crippen LogP contribution in [0.2, 0.25) is 0 Å². The highest BCUT2D eigenvalue weighted by molar-refractivity contribution is 5.85. The average Bonchev–Trinajstić information content (AvgIpc) is 2.47. The second-order valence-corrected chi connectivity index (χ2v) is 4.01. The van der Waals surface area contributed by atoms with Gasteiger partial charge in [-0.25, -0.2) is 0 Å². The summed E-state index contributed by atoms with van der Waals surface area (Å²) in [5.41, 5.74) is 2.29. The number of allylic oxidation sites excluding steroid dienone is 3. The summed E-state index contributed by atoms with van der Waals surface area (Å²) in [7, 11) is 3.83. The summed E-state index contributed by atoms with van der Waals surface area (Å²) < 4.78 is 0. The van der Waals surface area contributed by atoms with Gasteiger partial charge in [0.05, 0.1) is 6.67 Å². The van der Waals surface area contributed by atoms with E-state index in [1.807, 2.05) is 25.5 Å². The molecular formula is C14H22N4. The SMILES string of the molecule is C=CC/C(=N/C)N(C)C1=C(C)\C=C/NCN/C=C\1. The molecule has 1 aliphatic rings. The van der Waals surface area contributed by atoms with Crippen molar-refractivity contribution in [1.29, 1.82) is 0 Å². The number of nitrogens with one attached hydrogen (secondary N) is 2. The Balaban J connectivity index is 3.04. The average molecular weight is 246 g/mol. The minimum absolute atomic E-state index is 0.721. The number of hydrogen-bond acceptors (Lipinski definition) is 3. The lowest BCUT2D eigenvalue weighted by Gasteiger charge is -2.23. The highest BCUT2D eigenvalue weighted by atomic mass is 15.2. The topological polar surface area (TPSA) is 39.7 Å². The van der Waals surface area contributed by atoms with Crippen LogP contribution in [-0.4, -0.2) is 31.5 Å². The van der Waals surface area contributed by atoms with Crippen LogP contribution in [0.1, 0.15) is 13.3 Å². The lowest BCUT2D eigenvalue weighted by atomic mass is 10.2. The Labute approximate surface area is 109 Å². The standard InChI is InChI=1S/C14H22N4/c1-5-6-14(15-3)18(4)13-8-10-17-11-16-9-7-12(13)2/h5,7-10,16-17H,1,6,11H2,2-4H3/b9-7-,10-8-,13-12-,15-14-. The van der Waals surface area contributed by atoms with E-state index in [0.717, 1.165) is 24.6 Å². The van der Waals surface area contributed by atoms with Crippen LogP contribution >= 0.6 is 0 Å². The number of rotatable bonds is 3. The van der Waals surface area contributed by atoms with Crippen LogP contribution in [0.4, 0.5) is 0 Å². The van der Waals surface area contributed by atoms with Crippen molar-refractivity contribution in [3.8, 4) is 0 Å². The van der Waals surface area contributed by atoms with Crippen LogP contribution in [0.5, 0.6) is 0 Å². The summed E-state index contributed by atoms with van der Waals surface area (Å²) in [6.45, 7) is 6.57. The second kappa shape index (κ2) is 7.37. The van der Waals surface area contributed by atoms with Gasteiger partial charge in [-0.1, -0.05) is 6.08 Å². The third-order valence-electron chi connectivity index (χ3n) is 2.75. The molecule has 18 heavy (non-hydrogen) atoms. The molecule has 0 saturated carbocycles. The first-order valence-electron chi connectivity index (χ1n) is 6.01. The summed E-state index contributed by atoms with van der Waals surface area (Å²) in [6.07, 6.45) is 10.6. The first kappa shape index (κ1) is 14.1. The lowest BCUT2D eigenvalue weighted by molar-refractivity contribution is 0.627. The number of likely N-dealkylation sites (N-methyl/N-ethyl adjacent to an activating group) is 1. The highest BCUT2D eigenvalue weighted by Gasteiger charge is 2.09. The van der Waals surface area contributed by atoms with Crippen molar-refractivity contribution in [2.45, 2.75) is 13.3 Å². The maximum atomic E-state index is 4.31. The molecule has 0 unspecified atom stereocenters. The molecular weight excluding hydrogens is 224 g/mol. The summed E-state index contributed by atoms with van der Waals surface area (Å²) >= 11 is 0. The van der Waals surface area contributed by atoms with Crippen molar-refractivity contribution in [3.63, 3.8) is 0 Å². The fourth-order valence-electron chi connectivity index (χ4n) is 1.74. The molecule has 0 aromatic carbocycles. The minimum atomic E-state index is 0.721. The van der Waals surface area contributed by atoms with Crippen molar-refractivity contribution >= 4 is 5.84 Å². The van der Waals surface area contributed by atoms with E-state index in [0.29, 0.717) is 0 Å². The first-order valence-corrected chi connectivity index (χ1v) is 6.01. The van der Waals surface area contributed by atoms with Crippen LogP contribution in [0, 0.1) is 0 Å². The monoisotopic (exact) mass is 246 g/mol. The van der Waals surface area contributed by atoms with Crippen molar-refractivity contribution in [3.05, 3.63) is 48.5 Å². The van der Waals surface area contributed by atoms with Gasteiger partial charge in [-0.3, -0.25) is 4.99 Å². The van der Waals surface area contributed by atoms with Crippen molar-refractivity contribution < 1.29 is 0 Å². The molecule has 0 aliphatic carbocycles. The Bertz CT molecular complexity index is 402. The van der Waals surface area contributed by atoms with E-state index in [1.54, 1.807) is 7.05 Å². The Morgan fingerprint density at radius 2 is 2.11 bits per heavy atom. The van der Waals surface area contributed by atoms with Crippen LogP contribution < -0.4 is 10.6 Å². The van der Waals surface area contributed by atoms with Crippen molar-refractivity contribution in [2.24, 2.45) is 4.99 Å². The molecule has 0 radical (unpaired) electrons. The van der Waals surface area contributed by atoms with E-state index in [4.69, 9.17) is 0 Å². The molecule has 0 atom stereocenters. The lowest BCUT2D eigenvalue weighted by Crippen LogP contribution is -2.26. The normalized spacial score (nSPS) is 23.8. The Morgan fingerprint density at radius 1 is 1.44 bits per heavy atom. The van der Waals surface area contributed by atoms with Gasteiger partial charge in [0.2, 0.25) is 0 Å². The van der Waals surface area contributed by atoms with Crippen LogP contribution in [0.25, 0.3) is 0 Å². The number of nitrogens with zero attached hydrogens (tertiary/aromatic N) is 2. The summed E-state index contributed by atoms with van der Waals surface area (Å²) in [4.78, 5) is 6.40. The van der Waals surface area contributed by atoms with Crippen molar-refractivity contribution in [2.75, 3.05) is 20.8 Å². The van der Waals surface area contributed by atoms with Gasteiger partial charge in [0, 0.05) is 26.2 Å². The van der Waals surface area contributed by atoms with Gasteiger partial charge >= 0.3 is 0 Å². The Hall–Kier alpha value is -1.97. The molecule has 0 spiro atoms. The van der Waals surface area contributed by atoms with E-state index in [1.165, 1.54) is 5.57 Å². The molecule has 0 amide bonds. The van der Waals surface area contributed by atoms with Gasteiger partial charge in [-0.2, -0.15) is 0 Å². The summed E-state index contributed by atoms with van der Waals surface area (Å²) in [5.74, 6) is 0.990. The number of amidine groups is 1. The van der Waals surface area contributed by atoms with Gasteiger partial charge < -0.3 is 15.5 Å². The van der Waals surface area contributed by atoms with E-state index in [2.05, 4.69) is 46.2 Å². The van der Waals surface area contributed by atoms with Gasteiger partial charge in [-0.15, -0.1) is 6.58 Å². The zero-order valence-corrected chi connectivity index (χ0v) is 11.4. The molecule has 0 fully saturated rings. The number of aliphatic imine (C=N–C) groups is 1. The third-order valence-corrected chi connectivity index (χ3v) is 2.75. The zero-order chi connectivity index (χ0) is 13.4. The molecule has 4 heteroatoms. The molecule has 0 aromatic heterocycles. The predicted octanol–water partition coefficient (Wildman–Crippen LogP) is 1.97. The molecule has 1 heterocycles. The van der Waals surface area contributed by atoms with Crippen LogP contribution in [0.3, 0.4) is 0 Å².